The van der Waals surface area contributed by atoms with Crippen LogP contribution in [0.1, 0.15) is 12.0 Å². The predicted octanol–water partition coefficient (Wildman–Crippen LogP) is 0.473. The third kappa shape index (κ3) is 4.92. The number of primary sulfonamides is 1. The van der Waals surface area contributed by atoms with Gasteiger partial charge in [-0.15, -0.1) is 0 Å². The van der Waals surface area contributed by atoms with Gasteiger partial charge in [0, 0.05) is 30.3 Å². The average Bonchev–Trinajstić information content (AvgIpc) is 2.76. The number of carbonyl (C=O) groups excluding carboxylic acids is 1. The molecule has 0 radical (unpaired) electrons. The molecule has 23 heavy (non-hydrogen) atoms. The van der Waals surface area contributed by atoms with Gasteiger partial charge in [-0.25, -0.2) is 18.4 Å². The Bertz CT molecular complexity index is 704. The Labute approximate surface area is 139 Å². The molecule has 7 nitrogen and oxygen atoms in total. The summed E-state index contributed by atoms with van der Waals surface area (Å²) in [5.41, 5.74) is 0.726. The van der Waals surface area contributed by atoms with Crippen LogP contribution in [0.15, 0.2) is 24.3 Å². The predicted molar refractivity (Wildman–Crippen MR) is 84.4 cm³/mol. The molecule has 0 spiro atoms. The number of benzene rings is 1. The highest BCUT2D eigenvalue weighted by Gasteiger charge is 2.38. The lowest BCUT2D eigenvalue weighted by Crippen LogP contribution is -2.44. The van der Waals surface area contributed by atoms with Crippen LogP contribution in [0.5, 0.6) is 0 Å². The highest BCUT2D eigenvalue weighted by molar-refractivity contribution is 7.89. The molecule has 0 saturated carbocycles. The highest BCUT2D eigenvalue weighted by Crippen LogP contribution is 2.23. The van der Waals surface area contributed by atoms with Crippen molar-refractivity contribution in [3.8, 4) is 0 Å². The monoisotopic (exact) mass is 360 g/mol. The molecular formula is C14H17ClN2O5S. The van der Waals surface area contributed by atoms with E-state index in [4.69, 9.17) is 16.7 Å². The lowest BCUT2D eigenvalue weighted by atomic mass is 10.0. The van der Waals surface area contributed by atoms with Gasteiger partial charge in [0.2, 0.25) is 15.9 Å². The Hall–Kier alpha value is -1.64. The van der Waals surface area contributed by atoms with E-state index in [1.807, 2.05) is 0 Å². The van der Waals surface area contributed by atoms with E-state index >= 15 is 0 Å². The van der Waals surface area contributed by atoms with Gasteiger partial charge in [0.25, 0.3) is 0 Å². The van der Waals surface area contributed by atoms with Crippen LogP contribution in [0.2, 0.25) is 5.02 Å². The van der Waals surface area contributed by atoms with E-state index in [1.165, 1.54) is 4.90 Å². The van der Waals surface area contributed by atoms with Crippen LogP contribution in [-0.4, -0.2) is 48.6 Å². The Kier molecular flexibility index (Phi) is 5.28. The number of amides is 1. The Morgan fingerprint density at radius 3 is 2.52 bits per heavy atom. The van der Waals surface area contributed by atoms with E-state index in [-0.39, 0.29) is 31.0 Å². The summed E-state index contributed by atoms with van der Waals surface area (Å²) in [4.78, 5) is 24.8. The van der Waals surface area contributed by atoms with Crippen LogP contribution in [0.3, 0.4) is 0 Å². The maximum absolute atomic E-state index is 12.1. The minimum atomic E-state index is -3.70. The molecular weight excluding hydrogens is 344 g/mol. The zero-order valence-electron chi connectivity index (χ0n) is 12.2. The molecule has 1 aliphatic rings. The zero-order chi connectivity index (χ0) is 17.2. The summed E-state index contributed by atoms with van der Waals surface area (Å²) in [7, 11) is -3.70. The summed E-state index contributed by atoms with van der Waals surface area (Å²) < 4.78 is 22.3. The van der Waals surface area contributed by atoms with Gasteiger partial charge in [0.05, 0.1) is 5.75 Å². The van der Waals surface area contributed by atoms with Crippen molar-refractivity contribution in [3.63, 3.8) is 0 Å². The molecule has 1 aromatic rings. The molecule has 1 saturated heterocycles. The van der Waals surface area contributed by atoms with Crippen LogP contribution in [0.25, 0.3) is 0 Å². The van der Waals surface area contributed by atoms with Crippen LogP contribution < -0.4 is 5.14 Å². The lowest BCUT2D eigenvalue weighted by molar-refractivity contribution is -0.148. The van der Waals surface area contributed by atoms with Crippen molar-refractivity contribution in [2.75, 3.05) is 12.3 Å². The van der Waals surface area contributed by atoms with E-state index < -0.39 is 28.0 Å². The summed E-state index contributed by atoms with van der Waals surface area (Å²) in [6.45, 7) is 0.0693. The van der Waals surface area contributed by atoms with E-state index in [0.29, 0.717) is 5.02 Å². The van der Waals surface area contributed by atoms with E-state index in [0.717, 1.165) is 5.56 Å². The standard InChI is InChI=1S/C14H17ClN2O5S/c15-11-3-1-9(2-4-11)5-12(14(19)20)17-7-10(6-13(17)18)8-23(16,21)22/h1-4,10,12H,5-8H2,(H,19,20)(H2,16,21,22)/t10?,12-/m0/s1. The number of carboxylic acids is 1. The van der Waals surface area contributed by atoms with E-state index in [2.05, 4.69) is 0 Å². The molecule has 0 aliphatic carbocycles. The van der Waals surface area contributed by atoms with E-state index in [1.54, 1.807) is 24.3 Å². The van der Waals surface area contributed by atoms with Gasteiger partial charge in [-0.3, -0.25) is 4.79 Å². The van der Waals surface area contributed by atoms with Crippen LogP contribution in [0.4, 0.5) is 0 Å². The largest absolute Gasteiger partial charge is 0.480 e. The minimum absolute atomic E-state index is 0.0131. The lowest BCUT2D eigenvalue weighted by Gasteiger charge is -2.25. The third-order valence-corrected chi connectivity index (χ3v) is 4.90. The number of hydrogen-bond donors (Lipinski definition) is 2. The summed E-state index contributed by atoms with van der Waals surface area (Å²) in [6, 6.07) is 5.63. The maximum Gasteiger partial charge on any atom is 0.326 e. The summed E-state index contributed by atoms with van der Waals surface area (Å²) >= 11 is 5.79. The second-order valence-corrected chi connectivity index (χ2v) is 7.73. The van der Waals surface area contributed by atoms with Gasteiger partial charge < -0.3 is 10.0 Å². The first-order valence-electron chi connectivity index (χ1n) is 6.93. The Morgan fingerprint density at radius 2 is 2.00 bits per heavy atom. The number of carbonyl (C=O) groups is 2. The fraction of sp³-hybridized carbons (Fsp3) is 0.429. The van der Waals surface area contributed by atoms with Crippen molar-refractivity contribution in [3.05, 3.63) is 34.9 Å². The molecule has 0 aromatic heterocycles. The first kappa shape index (κ1) is 17.7. The van der Waals surface area contributed by atoms with E-state index in [9.17, 15) is 23.1 Å². The summed E-state index contributed by atoms with van der Waals surface area (Å²) in [5.74, 6) is -2.32. The van der Waals surface area contributed by atoms with Gasteiger partial charge in [-0.05, 0) is 17.7 Å². The van der Waals surface area contributed by atoms with Crippen LogP contribution in [-0.2, 0) is 26.0 Å². The van der Waals surface area contributed by atoms with Crippen molar-refractivity contribution < 1.29 is 23.1 Å². The Morgan fingerprint density at radius 1 is 1.39 bits per heavy atom. The molecule has 1 unspecified atom stereocenters. The van der Waals surface area contributed by atoms with Gasteiger partial charge in [0.1, 0.15) is 6.04 Å². The topological polar surface area (TPSA) is 118 Å². The number of rotatable bonds is 6. The average molecular weight is 361 g/mol. The number of sulfonamides is 1. The number of nitrogens with zero attached hydrogens (tertiary/aromatic N) is 1. The molecule has 1 amide bonds. The van der Waals surface area contributed by atoms with Crippen molar-refractivity contribution in [2.24, 2.45) is 11.1 Å². The van der Waals surface area contributed by atoms with Gasteiger partial charge in [0.15, 0.2) is 0 Å². The van der Waals surface area contributed by atoms with Crippen molar-refractivity contribution >= 4 is 33.5 Å². The molecule has 2 atom stereocenters. The maximum atomic E-state index is 12.1. The molecule has 1 fully saturated rings. The molecule has 3 N–H and O–H groups in total. The number of carboxylic acid groups (broad SMARTS) is 1. The summed E-state index contributed by atoms with van der Waals surface area (Å²) in [6.07, 6.45) is 0.112. The second kappa shape index (κ2) is 6.86. The molecule has 1 aromatic carbocycles. The van der Waals surface area contributed by atoms with Crippen molar-refractivity contribution in [1.82, 2.24) is 4.90 Å². The Balaban J connectivity index is 2.13. The fourth-order valence-electron chi connectivity index (χ4n) is 2.72. The third-order valence-electron chi connectivity index (χ3n) is 3.71. The number of likely N-dealkylation sites (tertiary alicyclic amines) is 1. The second-order valence-electron chi connectivity index (χ2n) is 5.63. The molecule has 1 heterocycles. The molecule has 126 valence electrons. The number of halogens is 1. The normalized spacial score (nSPS) is 19.8. The van der Waals surface area contributed by atoms with Gasteiger partial charge >= 0.3 is 5.97 Å². The SMILES string of the molecule is NS(=O)(=O)CC1CC(=O)N([C@@H](Cc2ccc(Cl)cc2)C(=O)O)C1. The number of nitrogens with two attached hydrogens (primary N) is 1. The van der Waals surface area contributed by atoms with Crippen molar-refractivity contribution in [2.45, 2.75) is 18.9 Å². The smallest absolute Gasteiger partial charge is 0.326 e. The quantitative estimate of drug-likeness (QED) is 0.764. The molecule has 1 aliphatic heterocycles. The first-order chi connectivity index (χ1) is 10.7. The van der Waals surface area contributed by atoms with Crippen molar-refractivity contribution in [1.29, 1.82) is 0 Å². The summed E-state index contributed by atoms with van der Waals surface area (Å²) in [5, 5.41) is 15.0. The molecule has 9 heteroatoms. The molecule has 0 bridgehead atoms. The van der Waals surface area contributed by atoms with Gasteiger partial charge in [-0.2, -0.15) is 0 Å². The van der Waals surface area contributed by atoms with Crippen LogP contribution in [0, 0.1) is 5.92 Å². The first-order valence-corrected chi connectivity index (χ1v) is 9.02. The molecule has 2 rings (SSSR count). The zero-order valence-corrected chi connectivity index (χ0v) is 13.8. The fourth-order valence-corrected chi connectivity index (χ4v) is 3.73. The van der Waals surface area contributed by atoms with Crippen LogP contribution >= 0.6 is 11.6 Å². The van der Waals surface area contributed by atoms with Gasteiger partial charge in [-0.1, -0.05) is 23.7 Å². The number of hydrogen-bond acceptors (Lipinski definition) is 4. The number of aliphatic carboxylic acids is 1. The minimum Gasteiger partial charge on any atom is -0.480 e. The highest BCUT2D eigenvalue weighted by atomic mass is 35.5.